The van der Waals surface area contributed by atoms with Crippen LogP contribution in [0, 0.1) is 0 Å². The number of nitrogens with zero attached hydrogens (tertiary/aromatic N) is 1. The van der Waals surface area contributed by atoms with E-state index in [4.69, 9.17) is 0 Å². The second-order valence-corrected chi connectivity index (χ2v) is 5.86. The maximum absolute atomic E-state index is 12.6. The highest BCUT2D eigenvalue weighted by molar-refractivity contribution is 5.16. The Kier molecular flexibility index (Phi) is 5.65. The molecule has 0 aliphatic carbocycles. The van der Waals surface area contributed by atoms with Gasteiger partial charge in [0.1, 0.15) is 0 Å². The van der Waals surface area contributed by atoms with Crippen molar-refractivity contribution in [2.75, 3.05) is 19.6 Å². The molecule has 0 radical (unpaired) electrons. The second-order valence-electron chi connectivity index (χ2n) is 5.86. The summed E-state index contributed by atoms with van der Waals surface area (Å²) in [5.41, 5.74) is 1.22. The summed E-state index contributed by atoms with van der Waals surface area (Å²) >= 11 is 0. The van der Waals surface area contributed by atoms with Crippen molar-refractivity contribution in [3.63, 3.8) is 0 Å². The molecule has 2 unspecified atom stereocenters. The monoisotopic (exact) mass is 300 g/mol. The molecule has 0 bridgehead atoms. The predicted octanol–water partition coefficient (Wildman–Crippen LogP) is 3.23. The Labute approximate surface area is 124 Å². The Morgan fingerprint density at radius 3 is 2.67 bits per heavy atom. The van der Waals surface area contributed by atoms with Gasteiger partial charge in [0.15, 0.2) is 0 Å². The Hall–Kier alpha value is -1.07. The molecule has 21 heavy (non-hydrogen) atoms. The molecule has 1 aliphatic heterocycles. The van der Waals surface area contributed by atoms with Crippen LogP contribution in [-0.4, -0.2) is 42.8 Å². The first-order valence-electron chi connectivity index (χ1n) is 7.52. The highest BCUT2D eigenvalue weighted by Gasteiger charge is 2.33. The molecule has 118 valence electrons. The van der Waals surface area contributed by atoms with Crippen LogP contribution in [0.4, 0.5) is 13.2 Å². The minimum Gasteiger partial charge on any atom is -0.312 e. The third kappa shape index (κ3) is 5.67. The summed E-state index contributed by atoms with van der Waals surface area (Å²) in [6, 6.07) is 9.86. The van der Waals surface area contributed by atoms with Crippen molar-refractivity contribution in [2.24, 2.45) is 0 Å². The SMILES string of the molecule is CC(CC(F)(F)F)N1CCCNC(Cc2ccccc2)C1. The van der Waals surface area contributed by atoms with Gasteiger partial charge < -0.3 is 5.32 Å². The van der Waals surface area contributed by atoms with Gasteiger partial charge in [-0.05, 0) is 38.4 Å². The first-order valence-corrected chi connectivity index (χ1v) is 7.52. The van der Waals surface area contributed by atoms with E-state index in [2.05, 4.69) is 17.4 Å². The van der Waals surface area contributed by atoms with Crippen molar-refractivity contribution in [1.82, 2.24) is 10.2 Å². The van der Waals surface area contributed by atoms with E-state index >= 15 is 0 Å². The van der Waals surface area contributed by atoms with Crippen molar-refractivity contribution in [2.45, 2.75) is 44.4 Å². The lowest BCUT2D eigenvalue weighted by Gasteiger charge is -2.30. The molecule has 0 spiro atoms. The lowest BCUT2D eigenvalue weighted by atomic mass is 10.0. The lowest BCUT2D eigenvalue weighted by molar-refractivity contribution is -0.146. The number of hydrogen-bond acceptors (Lipinski definition) is 2. The Morgan fingerprint density at radius 1 is 1.29 bits per heavy atom. The van der Waals surface area contributed by atoms with Crippen LogP contribution in [0.15, 0.2) is 30.3 Å². The fourth-order valence-corrected chi connectivity index (χ4v) is 2.93. The molecule has 2 atom stereocenters. The fourth-order valence-electron chi connectivity index (χ4n) is 2.93. The summed E-state index contributed by atoms with van der Waals surface area (Å²) in [6.07, 6.45) is -3.07. The van der Waals surface area contributed by atoms with Crippen LogP contribution >= 0.6 is 0 Å². The normalized spacial score (nSPS) is 22.8. The maximum atomic E-state index is 12.6. The van der Waals surface area contributed by atoms with Gasteiger partial charge in [-0.2, -0.15) is 13.2 Å². The topological polar surface area (TPSA) is 15.3 Å². The first kappa shape index (κ1) is 16.3. The molecular weight excluding hydrogens is 277 g/mol. The molecule has 0 amide bonds. The van der Waals surface area contributed by atoms with Gasteiger partial charge in [-0.15, -0.1) is 0 Å². The third-order valence-electron chi connectivity index (χ3n) is 3.99. The minimum atomic E-state index is -4.09. The predicted molar refractivity (Wildman–Crippen MR) is 78.3 cm³/mol. The van der Waals surface area contributed by atoms with Gasteiger partial charge in [-0.3, -0.25) is 4.90 Å². The van der Waals surface area contributed by atoms with Crippen LogP contribution in [0.3, 0.4) is 0 Å². The van der Waals surface area contributed by atoms with Crippen molar-refractivity contribution < 1.29 is 13.2 Å². The molecular formula is C16H23F3N2. The number of alkyl halides is 3. The minimum absolute atomic E-state index is 0.214. The largest absolute Gasteiger partial charge is 0.390 e. The quantitative estimate of drug-likeness (QED) is 0.918. The Balaban J connectivity index is 1.94. The second kappa shape index (κ2) is 7.27. The highest BCUT2D eigenvalue weighted by atomic mass is 19.4. The van der Waals surface area contributed by atoms with E-state index in [1.54, 1.807) is 6.92 Å². The maximum Gasteiger partial charge on any atom is 0.390 e. The van der Waals surface area contributed by atoms with Crippen molar-refractivity contribution in [1.29, 1.82) is 0 Å². The molecule has 1 aromatic carbocycles. The fraction of sp³-hybridized carbons (Fsp3) is 0.625. The summed E-state index contributed by atoms with van der Waals surface area (Å²) in [5.74, 6) is 0. The van der Waals surface area contributed by atoms with Crippen LogP contribution in [0.2, 0.25) is 0 Å². The number of hydrogen-bond donors (Lipinski definition) is 1. The molecule has 0 aromatic heterocycles. The molecule has 0 saturated carbocycles. The van der Waals surface area contributed by atoms with Crippen molar-refractivity contribution in [3.05, 3.63) is 35.9 Å². The van der Waals surface area contributed by atoms with E-state index in [1.165, 1.54) is 5.56 Å². The average molecular weight is 300 g/mol. The molecule has 1 aromatic rings. The zero-order chi connectivity index (χ0) is 15.3. The van der Waals surface area contributed by atoms with Crippen LogP contribution in [-0.2, 0) is 6.42 Å². The average Bonchev–Trinajstić information content (AvgIpc) is 2.64. The van der Waals surface area contributed by atoms with Gasteiger partial charge in [-0.25, -0.2) is 0 Å². The van der Waals surface area contributed by atoms with Gasteiger partial charge in [-0.1, -0.05) is 30.3 Å². The number of rotatable bonds is 4. The van der Waals surface area contributed by atoms with Gasteiger partial charge in [0.05, 0.1) is 6.42 Å². The summed E-state index contributed by atoms with van der Waals surface area (Å²) in [4.78, 5) is 1.97. The zero-order valence-corrected chi connectivity index (χ0v) is 12.4. The van der Waals surface area contributed by atoms with Gasteiger partial charge in [0, 0.05) is 18.6 Å². The molecule has 2 rings (SSSR count). The van der Waals surface area contributed by atoms with E-state index in [0.29, 0.717) is 6.54 Å². The van der Waals surface area contributed by atoms with E-state index in [0.717, 1.165) is 25.9 Å². The summed E-state index contributed by atoms with van der Waals surface area (Å²) in [7, 11) is 0. The van der Waals surface area contributed by atoms with Gasteiger partial charge >= 0.3 is 6.18 Å². The van der Waals surface area contributed by atoms with Crippen LogP contribution in [0.25, 0.3) is 0 Å². The molecule has 2 nitrogen and oxygen atoms in total. The molecule has 1 aliphatic rings. The lowest BCUT2D eigenvalue weighted by Crippen LogP contribution is -2.44. The molecule has 1 heterocycles. The van der Waals surface area contributed by atoms with Crippen LogP contribution in [0.1, 0.15) is 25.3 Å². The molecule has 1 saturated heterocycles. The zero-order valence-electron chi connectivity index (χ0n) is 12.4. The smallest absolute Gasteiger partial charge is 0.312 e. The van der Waals surface area contributed by atoms with E-state index < -0.39 is 18.6 Å². The molecule has 1 fully saturated rings. The van der Waals surface area contributed by atoms with Crippen LogP contribution in [0.5, 0.6) is 0 Å². The van der Waals surface area contributed by atoms with E-state index in [-0.39, 0.29) is 6.04 Å². The summed E-state index contributed by atoms with van der Waals surface area (Å²) in [5, 5.41) is 3.45. The first-order chi connectivity index (χ1) is 9.94. The summed E-state index contributed by atoms with van der Waals surface area (Å²) in [6.45, 7) is 3.95. The van der Waals surface area contributed by atoms with E-state index in [1.807, 2.05) is 23.1 Å². The van der Waals surface area contributed by atoms with E-state index in [9.17, 15) is 13.2 Å². The molecule has 5 heteroatoms. The Bertz CT molecular complexity index is 419. The van der Waals surface area contributed by atoms with Gasteiger partial charge in [0.2, 0.25) is 0 Å². The third-order valence-corrected chi connectivity index (χ3v) is 3.99. The van der Waals surface area contributed by atoms with Crippen LogP contribution < -0.4 is 5.32 Å². The highest BCUT2D eigenvalue weighted by Crippen LogP contribution is 2.24. The summed E-state index contributed by atoms with van der Waals surface area (Å²) < 4.78 is 37.7. The number of benzene rings is 1. The van der Waals surface area contributed by atoms with Gasteiger partial charge in [0.25, 0.3) is 0 Å². The van der Waals surface area contributed by atoms with Crippen molar-refractivity contribution in [3.8, 4) is 0 Å². The van der Waals surface area contributed by atoms with Crippen molar-refractivity contribution >= 4 is 0 Å². The Morgan fingerprint density at radius 2 is 2.00 bits per heavy atom. The standard InChI is InChI=1S/C16H23F3N2/c1-13(11-16(17,18)19)21-9-5-8-20-15(12-21)10-14-6-3-2-4-7-14/h2-4,6-7,13,15,20H,5,8-12H2,1H3. The number of nitrogens with one attached hydrogen (secondary N) is 1. The number of halogens is 3. The molecule has 1 N–H and O–H groups in total.